The first-order valence-electron chi connectivity index (χ1n) is 13.1. The third kappa shape index (κ3) is 5.33. The van der Waals surface area contributed by atoms with Crippen LogP contribution in [0.4, 0.5) is 11.6 Å². The molecule has 2 unspecified atom stereocenters. The number of rotatable bonds is 2. The second-order valence-corrected chi connectivity index (χ2v) is 13.1. The second kappa shape index (κ2) is 10.9. The van der Waals surface area contributed by atoms with E-state index in [1.807, 2.05) is 0 Å². The van der Waals surface area contributed by atoms with Crippen molar-refractivity contribution in [1.82, 2.24) is 34.1 Å². The summed E-state index contributed by atoms with van der Waals surface area (Å²) in [5.41, 5.74) is 11.4. The fraction of sp³-hybridized carbons (Fsp3) is 0.476. The van der Waals surface area contributed by atoms with E-state index >= 15 is 0 Å². The van der Waals surface area contributed by atoms with Crippen molar-refractivity contribution >= 4 is 49.6 Å². The van der Waals surface area contributed by atoms with Crippen LogP contribution in [0.5, 0.6) is 0 Å². The molecule has 22 nitrogen and oxygen atoms in total. The minimum absolute atomic E-state index is 0.125. The molecule has 3 aliphatic heterocycles. The Bertz CT molecular complexity index is 1930. The standard InChI is InChI=1S/C21H25N9O13P2/c22-7-1-2-24-16-10(7)25-5-29(16)19-13(32)14-9(41-19)4-39-45(36,37)43-15-12(31)8(3-38-44(34,35)42-14)40-20(15)30-6-26-11-17(30)27-21(23)28-18(11)33/h1-2,5-6,8-9,12-15,19-20,31-32H,3-4H2,(H2,22,24)(H,34,35)(H,36,37)(H3,23,27,28,33)/t8-,9-,12-,13-,14-,15-,19-,20-/m1/s1. The summed E-state index contributed by atoms with van der Waals surface area (Å²) >= 11 is 0. The van der Waals surface area contributed by atoms with Crippen LogP contribution in [-0.2, 0) is 36.7 Å². The fourth-order valence-electron chi connectivity index (χ4n) is 5.38. The number of aliphatic hydroxyl groups excluding tert-OH is 2. The average Bonchev–Trinajstić information content (AvgIpc) is 3.72. The number of aromatic amines is 1. The van der Waals surface area contributed by atoms with Crippen LogP contribution in [0.1, 0.15) is 12.5 Å². The van der Waals surface area contributed by atoms with Crippen molar-refractivity contribution < 1.29 is 56.7 Å². The van der Waals surface area contributed by atoms with Crippen molar-refractivity contribution in [1.29, 1.82) is 0 Å². The van der Waals surface area contributed by atoms with Crippen molar-refractivity contribution in [3.05, 3.63) is 35.3 Å². The summed E-state index contributed by atoms with van der Waals surface area (Å²) in [7, 11) is -10.2. The predicted octanol–water partition coefficient (Wildman–Crippen LogP) is -1.74. The number of nitrogen functional groups attached to an aromatic ring is 2. The topological polar surface area (TPSA) is 317 Å². The monoisotopic (exact) mass is 673 g/mol. The lowest BCUT2D eigenvalue weighted by atomic mass is 10.1. The van der Waals surface area contributed by atoms with E-state index in [2.05, 4.69) is 24.9 Å². The number of aromatic nitrogens is 7. The minimum Gasteiger partial charge on any atom is -0.397 e. The molecule has 0 radical (unpaired) electrons. The van der Waals surface area contributed by atoms with Crippen molar-refractivity contribution in [2.24, 2.45) is 0 Å². The molecule has 45 heavy (non-hydrogen) atoms. The van der Waals surface area contributed by atoms with E-state index < -0.39 is 83.5 Å². The number of imidazole rings is 2. The van der Waals surface area contributed by atoms with Gasteiger partial charge < -0.3 is 40.9 Å². The average molecular weight is 673 g/mol. The summed E-state index contributed by atoms with van der Waals surface area (Å²) in [6.07, 6.45) is -8.82. The molecule has 0 amide bonds. The van der Waals surface area contributed by atoms with Crippen LogP contribution < -0.4 is 17.0 Å². The van der Waals surface area contributed by atoms with Gasteiger partial charge in [0.05, 0.1) is 31.6 Å². The minimum atomic E-state index is -5.11. The number of hydrogen-bond acceptors (Lipinski definition) is 17. The molecule has 7 heterocycles. The maximum absolute atomic E-state index is 13.2. The fourth-order valence-corrected chi connectivity index (χ4v) is 7.28. The van der Waals surface area contributed by atoms with Gasteiger partial charge in [-0.25, -0.2) is 24.1 Å². The van der Waals surface area contributed by atoms with Crippen LogP contribution in [-0.4, -0.2) is 104 Å². The van der Waals surface area contributed by atoms with Gasteiger partial charge in [-0.1, -0.05) is 0 Å². The number of nitrogens with one attached hydrogen (secondary N) is 1. The molecular weight excluding hydrogens is 648 g/mol. The molecule has 9 N–H and O–H groups in total. The summed E-state index contributed by atoms with van der Waals surface area (Å²) in [5, 5.41) is 22.1. The van der Waals surface area contributed by atoms with Gasteiger partial charge in [0.15, 0.2) is 29.3 Å². The zero-order valence-corrected chi connectivity index (χ0v) is 24.3. The third-order valence-electron chi connectivity index (χ3n) is 7.43. The van der Waals surface area contributed by atoms with E-state index in [0.29, 0.717) is 0 Å². The Morgan fingerprint density at radius 1 is 0.844 bits per heavy atom. The lowest BCUT2D eigenvalue weighted by Gasteiger charge is -2.25. The van der Waals surface area contributed by atoms with Crippen LogP contribution in [0.3, 0.4) is 0 Å². The molecule has 3 fully saturated rings. The molecule has 4 aromatic rings. The number of anilines is 2. The van der Waals surface area contributed by atoms with Crippen molar-refractivity contribution in [3.63, 3.8) is 0 Å². The zero-order chi connectivity index (χ0) is 31.8. The maximum atomic E-state index is 13.2. The SMILES string of the molecule is Nc1nc2c(ncn2[C@@H]2O[C@@H]3COP(=O)(O)O[C@H]4[C@@H](O)[C@H](n5cnc6c(N)ccnc65)O[C@@H]4COP(=O)(O)O[C@@H]2[C@@H]3O)c(=O)[nH]1. The van der Waals surface area contributed by atoms with Gasteiger partial charge in [0.2, 0.25) is 5.95 Å². The lowest BCUT2D eigenvalue weighted by Crippen LogP contribution is -2.36. The Balaban J connectivity index is 1.21. The number of pyridine rings is 1. The number of H-pyrrole nitrogens is 1. The predicted molar refractivity (Wildman–Crippen MR) is 146 cm³/mol. The first kappa shape index (κ1) is 30.3. The lowest BCUT2D eigenvalue weighted by molar-refractivity contribution is -0.0672. The van der Waals surface area contributed by atoms with Crippen LogP contribution in [0.15, 0.2) is 29.7 Å². The molecule has 0 aromatic carbocycles. The van der Waals surface area contributed by atoms with Gasteiger partial charge in [-0.2, -0.15) is 4.98 Å². The number of nitrogens with two attached hydrogens (primary N) is 2. The smallest absolute Gasteiger partial charge is 0.397 e. The molecule has 24 heteroatoms. The summed E-state index contributed by atoms with van der Waals surface area (Å²) in [4.78, 5) is 52.1. The molecule has 7 rings (SSSR count). The summed E-state index contributed by atoms with van der Waals surface area (Å²) in [6.45, 7) is -1.63. The quantitative estimate of drug-likeness (QED) is 0.116. The first-order chi connectivity index (χ1) is 21.3. The number of ether oxygens (including phenoxy) is 2. The molecule has 242 valence electrons. The molecule has 3 saturated heterocycles. The van der Waals surface area contributed by atoms with Gasteiger partial charge in [-0.15, -0.1) is 0 Å². The second-order valence-electron chi connectivity index (χ2n) is 10.3. The van der Waals surface area contributed by atoms with Crippen LogP contribution in [0.2, 0.25) is 0 Å². The molecule has 2 bridgehead atoms. The van der Waals surface area contributed by atoms with Gasteiger partial charge in [-0.3, -0.25) is 37.0 Å². The molecule has 0 aliphatic carbocycles. The van der Waals surface area contributed by atoms with Crippen molar-refractivity contribution in [2.75, 3.05) is 24.7 Å². The Kier molecular flexibility index (Phi) is 7.32. The highest BCUT2D eigenvalue weighted by atomic mass is 31.2. The van der Waals surface area contributed by atoms with Gasteiger partial charge >= 0.3 is 15.6 Å². The molecule has 4 aromatic heterocycles. The van der Waals surface area contributed by atoms with Gasteiger partial charge in [0, 0.05) is 6.20 Å². The van der Waals surface area contributed by atoms with Crippen molar-refractivity contribution in [2.45, 2.75) is 49.1 Å². The van der Waals surface area contributed by atoms with E-state index in [9.17, 15) is 33.9 Å². The number of hydrogen-bond donors (Lipinski definition) is 7. The summed E-state index contributed by atoms with van der Waals surface area (Å²) in [6, 6.07) is 1.51. The largest absolute Gasteiger partial charge is 0.472 e. The Labute approximate surface area is 249 Å². The van der Waals surface area contributed by atoms with Crippen LogP contribution in [0.25, 0.3) is 22.3 Å². The van der Waals surface area contributed by atoms with Crippen molar-refractivity contribution in [3.8, 4) is 0 Å². The molecular formula is C21H25N9O13P2. The van der Waals surface area contributed by atoms with Crippen LogP contribution >= 0.6 is 15.6 Å². The molecule has 0 saturated carbocycles. The van der Waals surface area contributed by atoms with Gasteiger partial charge in [0.1, 0.15) is 42.1 Å². The highest BCUT2D eigenvalue weighted by Gasteiger charge is 2.54. The Morgan fingerprint density at radius 2 is 1.47 bits per heavy atom. The van der Waals surface area contributed by atoms with Crippen LogP contribution in [0, 0.1) is 0 Å². The Hall–Kier alpha value is -3.37. The third-order valence-corrected chi connectivity index (χ3v) is 9.40. The number of phosphoric acid groups is 2. The van der Waals surface area contributed by atoms with E-state index in [-0.39, 0.29) is 34.0 Å². The van der Waals surface area contributed by atoms with E-state index in [1.54, 1.807) is 0 Å². The van der Waals surface area contributed by atoms with E-state index in [1.165, 1.54) is 23.2 Å². The number of phosphoric ester groups is 2. The highest BCUT2D eigenvalue weighted by molar-refractivity contribution is 7.47. The normalized spacial score (nSPS) is 37.7. The maximum Gasteiger partial charge on any atom is 0.472 e. The number of aliphatic hydroxyl groups is 2. The summed E-state index contributed by atoms with van der Waals surface area (Å²) < 4.78 is 61.2. The first-order valence-corrected chi connectivity index (χ1v) is 16.1. The Morgan fingerprint density at radius 3 is 2.20 bits per heavy atom. The number of nitrogens with zero attached hydrogens (tertiary/aromatic N) is 6. The highest BCUT2D eigenvalue weighted by Crippen LogP contribution is 2.53. The van der Waals surface area contributed by atoms with Gasteiger partial charge in [-0.05, 0) is 6.07 Å². The molecule has 0 spiro atoms. The molecule has 10 atom stereocenters. The molecule has 3 aliphatic rings. The van der Waals surface area contributed by atoms with Gasteiger partial charge in [0.25, 0.3) is 5.56 Å². The zero-order valence-electron chi connectivity index (χ0n) is 22.5. The van der Waals surface area contributed by atoms with E-state index in [4.69, 9.17) is 39.0 Å². The summed E-state index contributed by atoms with van der Waals surface area (Å²) in [5.74, 6) is -0.281. The van der Waals surface area contributed by atoms with E-state index in [0.717, 1.165) is 10.9 Å². The number of fused-ring (bicyclic) bond motifs is 5.